The Bertz CT molecular complexity index is 1110. The van der Waals surface area contributed by atoms with E-state index < -0.39 is 53.0 Å². The molecule has 0 fully saturated rings. The van der Waals surface area contributed by atoms with Crippen molar-refractivity contribution in [2.24, 2.45) is 0 Å². The summed E-state index contributed by atoms with van der Waals surface area (Å²) in [5.74, 6) is -4.69. The second-order valence-electron chi connectivity index (χ2n) is 7.97. The minimum Gasteiger partial charge on any atom is -0.350 e. The van der Waals surface area contributed by atoms with Crippen LogP contribution in [0.25, 0.3) is 0 Å². The Hall–Kier alpha value is -4.02. The van der Waals surface area contributed by atoms with Crippen molar-refractivity contribution in [1.82, 2.24) is 16.0 Å². The lowest BCUT2D eigenvalue weighted by Gasteiger charge is -2.23. The van der Waals surface area contributed by atoms with E-state index in [1.54, 1.807) is 6.92 Å². The highest BCUT2D eigenvalue weighted by molar-refractivity contribution is 6.26. The Kier molecular flexibility index (Phi) is 10.8. The van der Waals surface area contributed by atoms with Crippen LogP contribution in [-0.4, -0.2) is 41.8 Å². The quantitative estimate of drug-likeness (QED) is 0.312. The van der Waals surface area contributed by atoms with Crippen LogP contribution in [0.3, 0.4) is 0 Å². The monoisotopic (exact) mass is 504 g/mol. The highest BCUT2D eigenvalue weighted by Gasteiger charge is 2.28. The van der Waals surface area contributed by atoms with Crippen molar-refractivity contribution in [3.63, 3.8) is 0 Å². The van der Waals surface area contributed by atoms with Crippen LogP contribution >= 0.6 is 0 Å². The summed E-state index contributed by atoms with van der Waals surface area (Å²) in [6.07, 6.45) is -0.0411. The summed E-state index contributed by atoms with van der Waals surface area (Å²) in [5, 5.41) is 14.6. The van der Waals surface area contributed by atoms with Gasteiger partial charge in [0.25, 0.3) is 0 Å². The number of carbonyl (C=O) groups is 4. The molecule has 36 heavy (non-hydrogen) atoms. The highest BCUT2D eigenvalue weighted by Crippen LogP contribution is 2.13. The zero-order valence-corrected chi connectivity index (χ0v) is 19.6. The Morgan fingerprint density at radius 3 is 2.19 bits per heavy atom. The summed E-state index contributed by atoms with van der Waals surface area (Å²) in [7, 11) is 0. The molecule has 8 nitrogen and oxygen atoms in total. The van der Waals surface area contributed by atoms with Crippen LogP contribution in [0.5, 0.6) is 0 Å². The maximum absolute atomic E-state index is 14.2. The number of amides is 3. The van der Waals surface area contributed by atoms with Crippen molar-refractivity contribution in [3.05, 3.63) is 71.0 Å². The van der Waals surface area contributed by atoms with E-state index >= 15 is 0 Å². The first-order chi connectivity index (χ1) is 17.1. The van der Waals surface area contributed by atoms with Crippen molar-refractivity contribution in [3.8, 4) is 0 Å². The van der Waals surface area contributed by atoms with E-state index in [0.29, 0.717) is 17.8 Å². The Labute approximate surface area is 206 Å². The van der Waals surface area contributed by atoms with Crippen molar-refractivity contribution < 1.29 is 32.3 Å². The van der Waals surface area contributed by atoms with Crippen LogP contribution < -0.4 is 16.0 Å². The first-order valence-electron chi connectivity index (χ1n) is 11.2. The van der Waals surface area contributed by atoms with E-state index in [1.165, 1.54) is 24.3 Å². The molecule has 0 saturated heterocycles. The van der Waals surface area contributed by atoms with Gasteiger partial charge in [-0.25, -0.2) is 13.2 Å². The molecule has 2 atom stereocenters. The zero-order chi connectivity index (χ0) is 26.7. The van der Waals surface area contributed by atoms with Gasteiger partial charge in [0.05, 0.1) is 6.21 Å². The largest absolute Gasteiger partial charge is 0.350 e. The van der Waals surface area contributed by atoms with Gasteiger partial charge in [-0.3, -0.25) is 19.2 Å². The summed E-state index contributed by atoms with van der Waals surface area (Å²) in [4.78, 5) is 49.5. The van der Waals surface area contributed by atoms with Crippen LogP contribution in [0.2, 0.25) is 0 Å². The Balaban J connectivity index is 2.18. The normalized spacial score (nSPS) is 12.2. The second-order valence-corrected chi connectivity index (χ2v) is 7.97. The molecule has 0 aliphatic carbocycles. The van der Waals surface area contributed by atoms with E-state index in [-0.39, 0.29) is 37.8 Å². The van der Waals surface area contributed by atoms with E-state index in [2.05, 4.69) is 16.0 Å². The molecular formula is C25H27F3N4O4. The molecule has 0 bridgehead atoms. The smallest absolute Gasteiger partial charge is 0.243 e. The average molecular weight is 505 g/mol. The molecule has 0 heterocycles. The molecular weight excluding hydrogens is 477 g/mol. The van der Waals surface area contributed by atoms with Crippen LogP contribution in [-0.2, 0) is 32.1 Å². The molecule has 0 unspecified atom stereocenters. The molecule has 2 aromatic carbocycles. The number of Topliss-reactive ketones (excluding diaryl/α,β-unsaturated/α-hetero) is 1. The third-order valence-corrected chi connectivity index (χ3v) is 5.27. The molecule has 0 aromatic heterocycles. The van der Waals surface area contributed by atoms with Gasteiger partial charge in [0.2, 0.25) is 17.7 Å². The number of hydrogen-bond donors (Lipinski definition) is 4. The van der Waals surface area contributed by atoms with Gasteiger partial charge < -0.3 is 21.4 Å². The molecule has 4 N–H and O–H groups in total. The lowest BCUT2D eigenvalue weighted by Crippen LogP contribution is -2.54. The minimum atomic E-state index is -1.29. The molecule has 11 heteroatoms. The first kappa shape index (κ1) is 28.2. The molecule has 0 radical (unpaired) electrons. The van der Waals surface area contributed by atoms with E-state index in [1.807, 2.05) is 0 Å². The summed E-state index contributed by atoms with van der Waals surface area (Å²) in [5.41, 5.74) is 0.564. The Morgan fingerprint density at radius 2 is 1.58 bits per heavy atom. The molecule has 192 valence electrons. The maximum atomic E-state index is 14.2. The van der Waals surface area contributed by atoms with Crippen molar-refractivity contribution >= 4 is 29.7 Å². The number of hydrogen-bond acceptors (Lipinski definition) is 5. The van der Waals surface area contributed by atoms with Gasteiger partial charge in [0, 0.05) is 31.9 Å². The van der Waals surface area contributed by atoms with Crippen LogP contribution in [0.4, 0.5) is 13.2 Å². The molecule has 0 spiro atoms. The molecule has 2 aromatic rings. The number of rotatable bonds is 13. The minimum absolute atomic E-state index is 0.0147. The third-order valence-electron chi connectivity index (χ3n) is 5.27. The lowest BCUT2D eigenvalue weighted by molar-refractivity contribution is -0.132. The van der Waals surface area contributed by atoms with Crippen LogP contribution in [0.1, 0.15) is 37.3 Å². The van der Waals surface area contributed by atoms with Gasteiger partial charge in [-0.1, -0.05) is 25.1 Å². The third kappa shape index (κ3) is 8.97. The fourth-order valence-corrected chi connectivity index (χ4v) is 3.23. The van der Waals surface area contributed by atoms with Gasteiger partial charge in [-0.15, -0.1) is 0 Å². The molecule has 0 aliphatic rings. The number of nitrogens with one attached hydrogen (secondary N) is 4. The predicted molar refractivity (Wildman–Crippen MR) is 125 cm³/mol. The average Bonchev–Trinajstić information content (AvgIpc) is 2.86. The van der Waals surface area contributed by atoms with Gasteiger partial charge in [0.1, 0.15) is 29.5 Å². The van der Waals surface area contributed by atoms with Gasteiger partial charge >= 0.3 is 0 Å². The van der Waals surface area contributed by atoms with Crippen molar-refractivity contribution in [1.29, 1.82) is 5.41 Å². The van der Waals surface area contributed by atoms with Crippen molar-refractivity contribution in [2.45, 2.75) is 51.2 Å². The van der Waals surface area contributed by atoms with Crippen LogP contribution in [0.15, 0.2) is 42.5 Å². The molecule has 0 aliphatic heterocycles. The molecule has 0 saturated carbocycles. The number of ketones is 1. The van der Waals surface area contributed by atoms with E-state index in [9.17, 15) is 32.3 Å². The summed E-state index contributed by atoms with van der Waals surface area (Å²) < 4.78 is 40.6. The molecule has 2 rings (SSSR count). The first-order valence-corrected chi connectivity index (χ1v) is 11.2. The summed E-state index contributed by atoms with van der Waals surface area (Å²) in [6, 6.07) is 5.69. The van der Waals surface area contributed by atoms with E-state index in [4.69, 9.17) is 5.41 Å². The summed E-state index contributed by atoms with van der Waals surface area (Å²) >= 11 is 0. The van der Waals surface area contributed by atoms with Crippen molar-refractivity contribution in [2.75, 3.05) is 0 Å². The maximum Gasteiger partial charge on any atom is 0.243 e. The topological polar surface area (TPSA) is 128 Å². The number of halogens is 3. The fraction of sp³-hybridized carbons (Fsp3) is 0.320. The van der Waals surface area contributed by atoms with Gasteiger partial charge in [-0.05, 0) is 35.7 Å². The predicted octanol–water partition coefficient (Wildman–Crippen LogP) is 2.34. The second kappa shape index (κ2) is 13.8. The number of carbonyl (C=O) groups excluding carboxylic acids is 4. The van der Waals surface area contributed by atoms with Crippen LogP contribution in [0, 0.1) is 22.9 Å². The SMILES string of the molecule is CCC(=O)N[C@@H](Cc1ccc(F)cc1F)C(=O)N[C@@H](CCC(=O)C=N)C(=O)NCc1ccc(F)cc1. The molecule has 3 amide bonds. The number of benzene rings is 2. The Morgan fingerprint density at radius 1 is 0.917 bits per heavy atom. The highest BCUT2D eigenvalue weighted by atomic mass is 19.1. The fourth-order valence-electron chi connectivity index (χ4n) is 3.23. The lowest BCUT2D eigenvalue weighted by atomic mass is 10.0. The van der Waals surface area contributed by atoms with Gasteiger partial charge in [-0.2, -0.15) is 0 Å². The van der Waals surface area contributed by atoms with Gasteiger partial charge in [0.15, 0.2) is 5.78 Å². The zero-order valence-electron chi connectivity index (χ0n) is 19.6. The standard InChI is InChI=1S/C25H27F3N4O4/c1-2-23(34)31-22(11-16-5-8-18(27)12-20(16)28)25(36)32-21(10-9-19(33)13-29)24(35)30-14-15-3-6-17(26)7-4-15/h3-8,12-13,21-22,29H,2,9-11,14H2,1H3,(H,30,35)(H,31,34)(H,32,36)/t21-,22-/m0/s1. The van der Waals surface area contributed by atoms with E-state index in [0.717, 1.165) is 12.1 Å². The summed E-state index contributed by atoms with van der Waals surface area (Å²) in [6.45, 7) is 1.57.